The van der Waals surface area contributed by atoms with Gasteiger partial charge in [0.15, 0.2) is 28.4 Å². The number of carbonyl (C=O) groups excluding carboxylic acids is 1. The first-order chi connectivity index (χ1) is 25.3. The van der Waals surface area contributed by atoms with Gasteiger partial charge in [-0.25, -0.2) is 0 Å². The summed E-state index contributed by atoms with van der Waals surface area (Å²) < 4.78 is 33.1. The lowest BCUT2D eigenvalue weighted by atomic mass is 9.98. The quantitative estimate of drug-likeness (QED) is 0.0649. The highest BCUT2D eigenvalue weighted by Gasteiger charge is 2.48. The smallest absolute Gasteiger partial charge is 0.308 e. The van der Waals surface area contributed by atoms with Gasteiger partial charge in [0.2, 0.25) is 18.3 Å². The van der Waals surface area contributed by atoms with Crippen LogP contribution in [0.15, 0.2) is 39.5 Å². The molecule has 21 nitrogen and oxygen atoms in total. The molecule has 0 aliphatic carbocycles. The average molecular weight is 771 g/mol. The summed E-state index contributed by atoms with van der Waals surface area (Å²) in [5.74, 6) is -6.35. The second-order valence-corrected chi connectivity index (χ2v) is 13.0. The molecule has 2 fully saturated rings. The summed E-state index contributed by atoms with van der Waals surface area (Å²) in [6, 6.07) is 5.28. The summed E-state index contributed by atoms with van der Waals surface area (Å²) in [5.41, 5.74) is -3.29. The molecule has 2 saturated heterocycles. The van der Waals surface area contributed by atoms with Crippen LogP contribution >= 0.6 is 0 Å². The summed E-state index contributed by atoms with van der Waals surface area (Å²) in [6.45, 7) is -0.634. The topological polar surface area (TPSA) is 353 Å². The zero-order valence-corrected chi connectivity index (χ0v) is 28.0. The van der Waals surface area contributed by atoms with Crippen LogP contribution in [0.2, 0.25) is 0 Å². The Morgan fingerprint density at radius 3 is 2.02 bits per heavy atom. The standard InChI is InChI=1S/C33H38O21/c1-33(48,7-20(38)39)8-21(40)49-10-19-24(42)27(45)28(46)31(53-19)51-17-6-16-22(14(37)5-15(50-16)11-2-3-12(35)13(36)4-11)25(43)30(17)54-32-29(47)26(44)23(41)18(9-34)52-32/h2-6,18-19,23-24,26-29,31-32,34-36,41-48H,7-10H2,1H3,(H,38,39)/t18?,19?,23-,24-,26+,27+,28?,29?,31-,32+,33?/m1/s1. The molecule has 296 valence electrons. The number of carbonyl (C=O) groups is 2. The van der Waals surface area contributed by atoms with Crippen molar-refractivity contribution >= 4 is 22.9 Å². The number of esters is 1. The van der Waals surface area contributed by atoms with E-state index in [4.69, 9.17) is 33.2 Å². The first-order valence-corrected chi connectivity index (χ1v) is 16.1. The average Bonchev–Trinajstić information content (AvgIpc) is 3.09. The Labute approximate surface area is 302 Å². The molecule has 54 heavy (non-hydrogen) atoms. The van der Waals surface area contributed by atoms with Crippen molar-refractivity contribution in [2.45, 2.75) is 86.8 Å². The second-order valence-electron chi connectivity index (χ2n) is 13.0. The fourth-order valence-corrected chi connectivity index (χ4v) is 5.76. The zero-order valence-electron chi connectivity index (χ0n) is 28.0. The van der Waals surface area contributed by atoms with Gasteiger partial charge in [-0.05, 0) is 25.1 Å². The van der Waals surface area contributed by atoms with Crippen molar-refractivity contribution < 1.29 is 99.0 Å². The number of carboxylic acid groups (broad SMARTS) is 1. The molecule has 12 N–H and O–H groups in total. The highest BCUT2D eigenvalue weighted by atomic mass is 16.7. The number of hydrogen-bond donors (Lipinski definition) is 12. The molecule has 0 spiro atoms. The predicted molar refractivity (Wildman–Crippen MR) is 173 cm³/mol. The van der Waals surface area contributed by atoms with Crippen LogP contribution in [-0.4, -0.2) is 153 Å². The van der Waals surface area contributed by atoms with E-state index >= 15 is 0 Å². The molecule has 21 heteroatoms. The van der Waals surface area contributed by atoms with Gasteiger partial charge in [0.25, 0.3) is 0 Å². The molecule has 1 aromatic heterocycles. The number of aromatic hydroxyl groups is 3. The van der Waals surface area contributed by atoms with Gasteiger partial charge >= 0.3 is 11.9 Å². The van der Waals surface area contributed by atoms with Gasteiger partial charge in [-0.15, -0.1) is 0 Å². The van der Waals surface area contributed by atoms with Gasteiger partial charge in [0.05, 0.1) is 25.0 Å². The van der Waals surface area contributed by atoms with Crippen molar-refractivity contribution in [1.82, 2.24) is 0 Å². The minimum Gasteiger partial charge on any atom is -0.504 e. The van der Waals surface area contributed by atoms with E-state index in [0.29, 0.717) is 0 Å². The molecule has 2 aromatic carbocycles. The number of benzene rings is 2. The Morgan fingerprint density at radius 2 is 1.41 bits per heavy atom. The lowest BCUT2D eigenvalue weighted by Crippen LogP contribution is -2.60. The lowest BCUT2D eigenvalue weighted by molar-refractivity contribution is -0.283. The van der Waals surface area contributed by atoms with Crippen LogP contribution in [0.1, 0.15) is 19.8 Å². The van der Waals surface area contributed by atoms with Crippen LogP contribution in [0.5, 0.6) is 28.7 Å². The van der Waals surface area contributed by atoms with Crippen LogP contribution in [0.3, 0.4) is 0 Å². The van der Waals surface area contributed by atoms with Gasteiger partial charge in [-0.1, -0.05) is 0 Å². The van der Waals surface area contributed by atoms with Gasteiger partial charge in [-0.2, -0.15) is 0 Å². The van der Waals surface area contributed by atoms with Crippen LogP contribution in [0.4, 0.5) is 0 Å². The molecule has 0 bridgehead atoms. The monoisotopic (exact) mass is 770 g/mol. The third-order valence-electron chi connectivity index (χ3n) is 8.63. The predicted octanol–water partition coefficient (Wildman–Crippen LogP) is -2.90. The van der Waals surface area contributed by atoms with E-state index in [2.05, 4.69) is 0 Å². The number of ether oxygens (including phenoxy) is 5. The second kappa shape index (κ2) is 15.9. The molecule has 2 aliphatic rings. The van der Waals surface area contributed by atoms with Gasteiger partial charge < -0.3 is 89.4 Å². The summed E-state index contributed by atoms with van der Waals surface area (Å²) in [4.78, 5) is 36.7. The number of carboxylic acids is 1. The molecular formula is C33H38O21. The summed E-state index contributed by atoms with van der Waals surface area (Å²) >= 11 is 0. The van der Waals surface area contributed by atoms with Crippen molar-refractivity contribution in [1.29, 1.82) is 0 Å². The van der Waals surface area contributed by atoms with E-state index < -0.39 is 150 Å². The summed E-state index contributed by atoms with van der Waals surface area (Å²) in [7, 11) is 0. The molecule has 0 amide bonds. The number of hydrogen-bond acceptors (Lipinski definition) is 20. The van der Waals surface area contributed by atoms with E-state index in [0.717, 1.165) is 31.2 Å². The number of rotatable bonds is 12. The molecule has 11 atom stereocenters. The van der Waals surface area contributed by atoms with E-state index in [1.165, 1.54) is 6.07 Å². The van der Waals surface area contributed by atoms with Crippen molar-refractivity contribution in [3.8, 4) is 40.1 Å². The van der Waals surface area contributed by atoms with Crippen LogP contribution in [0.25, 0.3) is 22.3 Å². The van der Waals surface area contributed by atoms with Crippen molar-refractivity contribution in [3.05, 3.63) is 40.6 Å². The number of fused-ring (bicyclic) bond motifs is 1. The number of aliphatic hydroxyl groups excluding tert-OH is 7. The number of aliphatic carboxylic acids is 1. The van der Waals surface area contributed by atoms with Gasteiger partial charge in [0, 0.05) is 17.7 Å². The maximum Gasteiger partial charge on any atom is 0.308 e. The molecule has 3 aromatic rings. The van der Waals surface area contributed by atoms with Crippen molar-refractivity contribution in [2.75, 3.05) is 13.2 Å². The molecule has 5 rings (SSSR count). The fourth-order valence-electron chi connectivity index (χ4n) is 5.76. The molecule has 2 aliphatic heterocycles. The van der Waals surface area contributed by atoms with E-state index in [-0.39, 0.29) is 11.3 Å². The van der Waals surface area contributed by atoms with Gasteiger partial charge in [-0.3, -0.25) is 14.4 Å². The highest BCUT2D eigenvalue weighted by molar-refractivity contribution is 5.89. The molecule has 3 heterocycles. The maximum atomic E-state index is 13.4. The first-order valence-electron chi connectivity index (χ1n) is 16.1. The van der Waals surface area contributed by atoms with Crippen LogP contribution in [-0.2, 0) is 23.8 Å². The highest BCUT2D eigenvalue weighted by Crippen LogP contribution is 2.45. The van der Waals surface area contributed by atoms with Crippen molar-refractivity contribution in [3.63, 3.8) is 0 Å². The molecule has 0 radical (unpaired) electrons. The Morgan fingerprint density at radius 1 is 0.796 bits per heavy atom. The molecule has 5 unspecified atom stereocenters. The fraction of sp³-hybridized carbons (Fsp3) is 0.485. The van der Waals surface area contributed by atoms with Gasteiger partial charge in [0.1, 0.15) is 72.2 Å². The Balaban J connectivity index is 1.52. The Kier molecular flexibility index (Phi) is 11.9. The number of phenolic OH excluding ortho intramolecular Hbond substituents is 3. The first kappa shape index (κ1) is 40.4. The summed E-state index contributed by atoms with van der Waals surface area (Å²) in [5, 5.41) is 122. The SMILES string of the molecule is CC(O)(CC(=O)O)CC(=O)OCC1O[C@@H](Oc2cc3oc(-c4ccc(O)c(O)c4)cc(=O)c3c(O)c2O[C@@H]2OC(CO)[C@@H](O)[C@H](O)C2O)C(O)[C@@H](O)[C@@H]1O. The number of phenols is 3. The normalized spacial score (nSPS) is 29.6. The molecule has 0 saturated carbocycles. The lowest BCUT2D eigenvalue weighted by Gasteiger charge is -2.41. The minimum absolute atomic E-state index is 0.0814. The molecular weight excluding hydrogens is 732 g/mol. The Bertz CT molecular complexity index is 1910. The van der Waals surface area contributed by atoms with E-state index in [1.54, 1.807) is 0 Å². The van der Waals surface area contributed by atoms with Crippen LogP contribution < -0.4 is 14.9 Å². The van der Waals surface area contributed by atoms with Crippen LogP contribution in [0, 0.1) is 0 Å². The zero-order chi connectivity index (χ0) is 39.8. The third-order valence-corrected chi connectivity index (χ3v) is 8.63. The van der Waals surface area contributed by atoms with Crippen molar-refractivity contribution in [2.24, 2.45) is 0 Å². The Hall–Kier alpha value is -4.81. The largest absolute Gasteiger partial charge is 0.504 e. The minimum atomic E-state index is -2.10. The van der Waals surface area contributed by atoms with E-state index in [9.17, 15) is 70.6 Å². The van der Waals surface area contributed by atoms with E-state index in [1.807, 2.05) is 0 Å². The number of aliphatic hydroxyl groups is 8. The third kappa shape index (κ3) is 8.44. The summed E-state index contributed by atoms with van der Waals surface area (Å²) in [6.07, 6.45) is -20.7. The maximum absolute atomic E-state index is 13.4.